The molecule has 0 aliphatic carbocycles. The quantitative estimate of drug-likeness (QED) is 0.442. The van der Waals surface area contributed by atoms with Crippen molar-refractivity contribution in [2.45, 2.75) is 22.8 Å². The Morgan fingerprint density at radius 1 is 1.00 bits per heavy atom. The minimum absolute atomic E-state index is 0. The Balaban J connectivity index is 0.00000121. The molecule has 0 radical (unpaired) electrons. The lowest BCUT2D eigenvalue weighted by molar-refractivity contribution is -0.913. The van der Waals surface area contributed by atoms with Crippen LogP contribution in [0.25, 0.3) is 10.9 Å². The van der Waals surface area contributed by atoms with Crippen LogP contribution in [0.1, 0.15) is 6.92 Å². The zero-order chi connectivity index (χ0) is 16.7. The van der Waals surface area contributed by atoms with E-state index >= 15 is 0 Å². The molecule has 0 saturated heterocycles. The second kappa shape index (κ2) is 9.73. The Kier molecular flexibility index (Phi) is 8.54. The van der Waals surface area contributed by atoms with Crippen molar-refractivity contribution in [3.63, 3.8) is 0 Å². The number of hydrogen-bond acceptors (Lipinski definition) is 2. The number of nitrogens with one attached hydrogen (secondary N) is 2. The summed E-state index contributed by atoms with van der Waals surface area (Å²) in [5.41, 5.74) is 2.43. The molecule has 146 valence electrons. The van der Waals surface area contributed by atoms with E-state index < -0.39 is 0 Å². The van der Waals surface area contributed by atoms with Crippen LogP contribution in [-0.4, -0.2) is 37.1 Å². The fraction of sp³-hybridized carbons (Fsp3) is 0.250. The molecule has 2 atom stereocenters. The lowest BCUT2D eigenvalue weighted by Crippen LogP contribution is -3.17. The molecule has 2 heterocycles. The van der Waals surface area contributed by atoms with Crippen molar-refractivity contribution in [2.75, 3.05) is 20.6 Å². The first-order valence-electron chi connectivity index (χ1n) is 8.47. The first-order chi connectivity index (χ1) is 11.6. The smallest absolute Gasteiger partial charge is 0.246 e. The number of aromatic nitrogens is 1. The SMILES string of the molecule is CC(C[NH+]1c2ccccc2Sc2cc3ccccc3nc21)[NH+](C)C.O.[Cl-].[Cl-]. The van der Waals surface area contributed by atoms with Gasteiger partial charge in [0.2, 0.25) is 5.82 Å². The van der Waals surface area contributed by atoms with Gasteiger partial charge in [-0.2, -0.15) is 4.98 Å². The van der Waals surface area contributed by atoms with Crippen LogP contribution in [0.4, 0.5) is 11.5 Å². The minimum atomic E-state index is 0. The largest absolute Gasteiger partial charge is 1.00 e. The van der Waals surface area contributed by atoms with Gasteiger partial charge in [0.25, 0.3) is 0 Å². The maximum Gasteiger partial charge on any atom is 0.246 e. The average Bonchev–Trinajstić information content (AvgIpc) is 2.59. The van der Waals surface area contributed by atoms with E-state index in [2.05, 4.69) is 75.6 Å². The van der Waals surface area contributed by atoms with Crippen LogP contribution in [-0.2, 0) is 0 Å². The van der Waals surface area contributed by atoms with Crippen molar-refractivity contribution in [2.24, 2.45) is 0 Å². The van der Waals surface area contributed by atoms with Gasteiger partial charge in [0.05, 0.1) is 29.4 Å². The van der Waals surface area contributed by atoms with Gasteiger partial charge in [-0.25, -0.2) is 4.90 Å². The van der Waals surface area contributed by atoms with Gasteiger partial charge < -0.3 is 35.2 Å². The summed E-state index contributed by atoms with van der Waals surface area (Å²) in [6.07, 6.45) is 0. The summed E-state index contributed by atoms with van der Waals surface area (Å²) in [5.74, 6) is 1.17. The second-order valence-corrected chi connectivity index (χ2v) is 7.87. The lowest BCUT2D eigenvalue weighted by Gasteiger charge is -2.28. The predicted octanol–water partition coefficient (Wildman–Crippen LogP) is -4.74. The van der Waals surface area contributed by atoms with Gasteiger partial charge in [0.1, 0.15) is 12.6 Å². The minimum Gasteiger partial charge on any atom is -1.00 e. The number of hydrogen-bond donors (Lipinski definition) is 2. The molecule has 2 unspecified atom stereocenters. The van der Waals surface area contributed by atoms with Crippen molar-refractivity contribution < 1.29 is 40.1 Å². The van der Waals surface area contributed by atoms with E-state index in [4.69, 9.17) is 4.98 Å². The molecule has 1 aromatic heterocycles. The topological polar surface area (TPSA) is 53.3 Å². The summed E-state index contributed by atoms with van der Waals surface area (Å²) in [6, 6.07) is 20.0. The summed E-state index contributed by atoms with van der Waals surface area (Å²) in [5, 5.41) is 1.22. The van der Waals surface area contributed by atoms with Crippen LogP contribution in [0.3, 0.4) is 0 Å². The monoisotopic (exact) mass is 425 g/mol. The molecule has 2 aromatic carbocycles. The second-order valence-electron chi connectivity index (χ2n) is 6.79. The number of benzene rings is 2. The zero-order valence-corrected chi connectivity index (χ0v) is 17.9. The first-order valence-corrected chi connectivity index (χ1v) is 9.28. The van der Waals surface area contributed by atoms with Crippen molar-refractivity contribution >= 4 is 34.2 Å². The fourth-order valence-electron chi connectivity index (χ4n) is 3.16. The van der Waals surface area contributed by atoms with Crippen LogP contribution in [0.2, 0.25) is 0 Å². The van der Waals surface area contributed by atoms with E-state index in [0.717, 1.165) is 12.1 Å². The third kappa shape index (κ3) is 4.57. The standard InChI is InChI=1S/C20H21N3S.2ClH.H2O/c1-14(22(2)3)13-23-17-10-6-7-11-18(17)24-19-12-15-8-4-5-9-16(15)21-20(19)23;;;/h4-12,14H,13H2,1-3H3;2*1H;1H2. The highest BCUT2D eigenvalue weighted by molar-refractivity contribution is 7.99. The summed E-state index contributed by atoms with van der Waals surface area (Å²) in [7, 11) is 4.45. The fourth-order valence-corrected chi connectivity index (χ4v) is 4.29. The summed E-state index contributed by atoms with van der Waals surface area (Å²) in [4.78, 5) is 10.5. The van der Waals surface area contributed by atoms with Crippen LogP contribution in [0.5, 0.6) is 0 Å². The van der Waals surface area contributed by atoms with Crippen molar-refractivity contribution in [3.05, 3.63) is 54.6 Å². The molecule has 4 nitrogen and oxygen atoms in total. The average molecular weight is 426 g/mol. The Morgan fingerprint density at radius 2 is 1.67 bits per heavy atom. The Labute approximate surface area is 177 Å². The highest BCUT2D eigenvalue weighted by Gasteiger charge is 2.33. The van der Waals surface area contributed by atoms with Crippen molar-refractivity contribution in [1.82, 2.24) is 4.98 Å². The number of pyridine rings is 1. The van der Waals surface area contributed by atoms with Gasteiger partial charge in [-0.15, -0.1) is 0 Å². The van der Waals surface area contributed by atoms with Crippen molar-refractivity contribution in [3.8, 4) is 0 Å². The predicted molar refractivity (Wildman–Crippen MR) is 103 cm³/mol. The first kappa shape index (κ1) is 23.7. The molecule has 1 aliphatic heterocycles. The number of likely N-dealkylation sites (N-methyl/N-ethyl adjacent to an activating group) is 1. The van der Waals surface area contributed by atoms with Gasteiger partial charge in [0, 0.05) is 11.5 Å². The number of rotatable bonds is 3. The summed E-state index contributed by atoms with van der Waals surface area (Å²) < 4.78 is 0. The number of para-hydroxylation sites is 2. The van der Waals surface area contributed by atoms with E-state index in [0.29, 0.717) is 6.04 Å². The molecule has 4 N–H and O–H groups in total. The zero-order valence-electron chi connectivity index (χ0n) is 15.6. The molecular weight excluding hydrogens is 401 g/mol. The maximum atomic E-state index is 5.04. The maximum absolute atomic E-state index is 5.04. The lowest BCUT2D eigenvalue weighted by atomic mass is 10.2. The highest BCUT2D eigenvalue weighted by atomic mass is 35.5. The van der Waals surface area contributed by atoms with Crippen LogP contribution >= 0.6 is 11.8 Å². The number of nitrogens with zero attached hydrogens (tertiary/aromatic N) is 1. The van der Waals surface area contributed by atoms with Gasteiger partial charge >= 0.3 is 0 Å². The van der Waals surface area contributed by atoms with Crippen LogP contribution < -0.4 is 34.6 Å². The molecule has 4 rings (SSSR count). The number of quaternary nitrogens is 2. The molecule has 0 saturated carbocycles. The molecular formula is C20H25Cl2N3OS. The third-order valence-corrected chi connectivity index (χ3v) is 6.01. The van der Waals surface area contributed by atoms with E-state index in [1.165, 1.54) is 36.5 Å². The third-order valence-electron chi connectivity index (χ3n) is 4.90. The molecule has 0 bridgehead atoms. The van der Waals surface area contributed by atoms with Crippen LogP contribution in [0.15, 0.2) is 64.4 Å². The molecule has 0 fully saturated rings. The van der Waals surface area contributed by atoms with Crippen molar-refractivity contribution in [1.29, 1.82) is 0 Å². The van der Waals surface area contributed by atoms with Gasteiger partial charge in [-0.3, -0.25) is 0 Å². The molecule has 0 amide bonds. The molecule has 3 aromatic rings. The van der Waals surface area contributed by atoms with Gasteiger partial charge in [0.15, 0.2) is 5.69 Å². The van der Waals surface area contributed by atoms with Gasteiger partial charge in [-0.1, -0.05) is 42.1 Å². The van der Waals surface area contributed by atoms with E-state index in [9.17, 15) is 0 Å². The Bertz CT molecular complexity index is 907. The van der Waals surface area contributed by atoms with Gasteiger partial charge in [-0.05, 0) is 25.1 Å². The highest BCUT2D eigenvalue weighted by Crippen LogP contribution is 2.40. The Morgan fingerprint density at radius 3 is 2.41 bits per heavy atom. The van der Waals surface area contributed by atoms with E-state index in [1.54, 1.807) is 0 Å². The number of halogens is 2. The molecule has 1 aliphatic rings. The normalized spacial score (nSPS) is 15.6. The Hall–Kier alpha value is -1.34. The molecule has 0 spiro atoms. The van der Waals surface area contributed by atoms with E-state index in [1.807, 2.05) is 11.8 Å². The summed E-state index contributed by atoms with van der Waals surface area (Å²) in [6.45, 7) is 3.35. The molecule has 27 heavy (non-hydrogen) atoms. The van der Waals surface area contributed by atoms with Crippen LogP contribution in [0, 0.1) is 0 Å². The number of fused-ring (bicyclic) bond motifs is 3. The summed E-state index contributed by atoms with van der Waals surface area (Å²) >= 11 is 1.85. The molecule has 7 heteroatoms. The van der Waals surface area contributed by atoms with E-state index in [-0.39, 0.29) is 30.3 Å².